The second kappa shape index (κ2) is 8.75. The van der Waals surface area contributed by atoms with Crippen LogP contribution in [0.15, 0.2) is 30.4 Å². The zero-order valence-electron chi connectivity index (χ0n) is 14.8. The number of nitrogens with one attached hydrogen (secondary N) is 1. The van der Waals surface area contributed by atoms with E-state index in [0.717, 1.165) is 4.90 Å². The maximum Gasteiger partial charge on any atom is 0.308 e. The highest BCUT2D eigenvalue weighted by molar-refractivity contribution is 6.35. The predicted octanol–water partition coefficient (Wildman–Crippen LogP) is 2.82. The van der Waals surface area contributed by atoms with Gasteiger partial charge in [0.05, 0.1) is 18.3 Å². The van der Waals surface area contributed by atoms with Crippen LogP contribution in [-0.2, 0) is 23.9 Å². The van der Waals surface area contributed by atoms with Crippen molar-refractivity contribution >= 4 is 52.6 Å². The van der Waals surface area contributed by atoms with Gasteiger partial charge in [0.1, 0.15) is 0 Å². The fourth-order valence-corrected chi connectivity index (χ4v) is 3.86. The smallest absolute Gasteiger partial charge is 0.308 e. The van der Waals surface area contributed by atoms with Gasteiger partial charge in [0.2, 0.25) is 11.8 Å². The standard InChI is InChI=1S/C19H18Cl2N2O5/c20-11-7-12(21)9-13(8-11)22-16(24)10-28-17(25)5-6-23-18(26)14-3-1-2-4-15(14)19(23)27/h1-2,7-9,14-15H,3-6,10H2,(H,22,24). The zero-order valence-corrected chi connectivity index (χ0v) is 16.3. The summed E-state index contributed by atoms with van der Waals surface area (Å²) in [6.45, 7) is -0.547. The Balaban J connectivity index is 1.44. The molecule has 0 aromatic heterocycles. The second-order valence-electron chi connectivity index (χ2n) is 6.60. The van der Waals surface area contributed by atoms with Gasteiger partial charge in [-0.2, -0.15) is 0 Å². The summed E-state index contributed by atoms with van der Waals surface area (Å²) in [5.41, 5.74) is 0.378. The lowest BCUT2D eigenvalue weighted by Crippen LogP contribution is -2.33. The summed E-state index contributed by atoms with van der Waals surface area (Å²) < 4.78 is 4.91. The molecular weight excluding hydrogens is 407 g/mol. The Hall–Kier alpha value is -2.38. The molecule has 2 unspecified atom stereocenters. The molecule has 0 bridgehead atoms. The second-order valence-corrected chi connectivity index (χ2v) is 7.47. The number of amides is 3. The number of esters is 1. The van der Waals surface area contributed by atoms with Crippen LogP contribution in [-0.4, -0.2) is 41.7 Å². The molecule has 1 N–H and O–H groups in total. The molecule has 1 heterocycles. The molecule has 2 aliphatic rings. The molecular formula is C19H18Cl2N2O5. The van der Waals surface area contributed by atoms with E-state index in [-0.39, 0.29) is 36.6 Å². The molecule has 1 saturated heterocycles. The van der Waals surface area contributed by atoms with Crippen molar-refractivity contribution < 1.29 is 23.9 Å². The number of ether oxygens (including phenoxy) is 1. The molecule has 1 aromatic rings. The van der Waals surface area contributed by atoms with E-state index >= 15 is 0 Å². The van der Waals surface area contributed by atoms with Crippen molar-refractivity contribution in [3.63, 3.8) is 0 Å². The normalized spacial score (nSPS) is 20.9. The van der Waals surface area contributed by atoms with Crippen LogP contribution in [0.3, 0.4) is 0 Å². The summed E-state index contributed by atoms with van der Waals surface area (Å²) in [7, 11) is 0. The number of fused-ring (bicyclic) bond motifs is 1. The van der Waals surface area contributed by atoms with Crippen molar-refractivity contribution in [2.24, 2.45) is 11.8 Å². The van der Waals surface area contributed by atoms with Gasteiger partial charge < -0.3 is 10.1 Å². The Morgan fingerprint density at radius 2 is 1.61 bits per heavy atom. The van der Waals surface area contributed by atoms with Crippen LogP contribution in [0.4, 0.5) is 5.69 Å². The molecule has 0 radical (unpaired) electrons. The van der Waals surface area contributed by atoms with Gasteiger partial charge in [0.25, 0.3) is 5.91 Å². The molecule has 1 aromatic carbocycles. The van der Waals surface area contributed by atoms with Crippen molar-refractivity contribution in [2.45, 2.75) is 19.3 Å². The summed E-state index contributed by atoms with van der Waals surface area (Å²) >= 11 is 11.7. The Labute approximate surface area is 171 Å². The first-order valence-corrected chi connectivity index (χ1v) is 9.52. The van der Waals surface area contributed by atoms with E-state index < -0.39 is 18.5 Å². The molecule has 1 aliphatic heterocycles. The molecule has 2 atom stereocenters. The Bertz CT molecular complexity index is 808. The maximum absolute atomic E-state index is 12.3. The first kappa shape index (κ1) is 20.4. The number of nitrogens with zero attached hydrogens (tertiary/aromatic N) is 1. The number of benzene rings is 1. The molecule has 1 fully saturated rings. The minimum absolute atomic E-state index is 0.0466. The van der Waals surface area contributed by atoms with Gasteiger partial charge in [0, 0.05) is 22.3 Å². The van der Waals surface area contributed by atoms with Crippen LogP contribution in [0, 0.1) is 11.8 Å². The van der Waals surface area contributed by atoms with E-state index in [1.807, 2.05) is 12.2 Å². The van der Waals surface area contributed by atoms with E-state index in [1.54, 1.807) is 0 Å². The van der Waals surface area contributed by atoms with Crippen LogP contribution in [0.25, 0.3) is 0 Å². The quantitative estimate of drug-likeness (QED) is 0.430. The predicted molar refractivity (Wildman–Crippen MR) is 103 cm³/mol. The fourth-order valence-electron chi connectivity index (χ4n) is 3.33. The van der Waals surface area contributed by atoms with E-state index in [0.29, 0.717) is 28.6 Å². The van der Waals surface area contributed by atoms with Crippen molar-refractivity contribution in [3.05, 3.63) is 40.4 Å². The number of likely N-dealkylation sites (tertiary alicyclic amines) is 1. The SMILES string of the molecule is O=C(COC(=O)CCN1C(=O)C2CC=CCC2C1=O)Nc1cc(Cl)cc(Cl)c1. The monoisotopic (exact) mass is 424 g/mol. The fraction of sp³-hybridized carbons (Fsp3) is 0.368. The van der Waals surface area contributed by atoms with Gasteiger partial charge >= 0.3 is 5.97 Å². The molecule has 1 aliphatic carbocycles. The summed E-state index contributed by atoms with van der Waals surface area (Å²) in [4.78, 5) is 49.5. The third-order valence-electron chi connectivity index (χ3n) is 4.65. The summed E-state index contributed by atoms with van der Waals surface area (Å²) in [5, 5.41) is 3.23. The number of hydrogen-bond acceptors (Lipinski definition) is 5. The lowest BCUT2D eigenvalue weighted by molar-refractivity contribution is -0.148. The third-order valence-corrected chi connectivity index (χ3v) is 5.09. The average Bonchev–Trinajstić information content (AvgIpc) is 2.88. The van der Waals surface area contributed by atoms with Gasteiger partial charge in [-0.15, -0.1) is 0 Å². The molecule has 28 heavy (non-hydrogen) atoms. The van der Waals surface area contributed by atoms with Crippen molar-refractivity contribution in [3.8, 4) is 0 Å². The number of hydrogen-bond donors (Lipinski definition) is 1. The van der Waals surface area contributed by atoms with Gasteiger partial charge in [0.15, 0.2) is 6.61 Å². The van der Waals surface area contributed by atoms with Crippen molar-refractivity contribution in [1.82, 2.24) is 4.90 Å². The Morgan fingerprint density at radius 3 is 2.18 bits per heavy atom. The zero-order chi connectivity index (χ0) is 20.3. The molecule has 3 rings (SSSR count). The van der Waals surface area contributed by atoms with E-state index in [1.165, 1.54) is 18.2 Å². The number of carbonyl (C=O) groups excluding carboxylic acids is 4. The van der Waals surface area contributed by atoms with Crippen molar-refractivity contribution in [2.75, 3.05) is 18.5 Å². The summed E-state index contributed by atoms with van der Waals surface area (Å²) in [5.74, 6) is -2.39. The average molecular weight is 425 g/mol. The topological polar surface area (TPSA) is 92.8 Å². The number of anilines is 1. The number of carbonyl (C=O) groups is 4. The van der Waals surface area contributed by atoms with E-state index in [9.17, 15) is 19.2 Å². The minimum atomic E-state index is -0.673. The first-order chi connectivity index (χ1) is 13.3. The minimum Gasteiger partial charge on any atom is -0.456 e. The number of rotatable bonds is 6. The first-order valence-electron chi connectivity index (χ1n) is 8.77. The largest absolute Gasteiger partial charge is 0.456 e. The summed E-state index contributed by atoms with van der Waals surface area (Å²) in [6, 6.07) is 4.53. The highest BCUT2D eigenvalue weighted by Gasteiger charge is 2.46. The molecule has 0 spiro atoms. The Morgan fingerprint density at radius 1 is 1.04 bits per heavy atom. The highest BCUT2D eigenvalue weighted by Crippen LogP contribution is 2.35. The molecule has 7 nitrogen and oxygen atoms in total. The van der Waals surface area contributed by atoms with Gasteiger partial charge in [-0.1, -0.05) is 35.4 Å². The summed E-state index contributed by atoms with van der Waals surface area (Å²) in [6.07, 6.45) is 4.72. The van der Waals surface area contributed by atoms with Crippen LogP contribution >= 0.6 is 23.2 Å². The number of imide groups is 1. The van der Waals surface area contributed by atoms with Gasteiger partial charge in [-0.3, -0.25) is 24.1 Å². The molecule has 9 heteroatoms. The van der Waals surface area contributed by atoms with Crippen LogP contribution in [0.1, 0.15) is 19.3 Å². The van der Waals surface area contributed by atoms with Crippen molar-refractivity contribution in [1.29, 1.82) is 0 Å². The van der Waals surface area contributed by atoms with Crippen LogP contribution < -0.4 is 5.32 Å². The lowest BCUT2D eigenvalue weighted by atomic mass is 9.85. The van der Waals surface area contributed by atoms with Gasteiger partial charge in [-0.05, 0) is 31.0 Å². The third kappa shape index (κ3) is 4.72. The molecule has 0 saturated carbocycles. The van der Waals surface area contributed by atoms with E-state index in [4.69, 9.17) is 27.9 Å². The van der Waals surface area contributed by atoms with Crippen LogP contribution in [0.5, 0.6) is 0 Å². The Kier molecular flexibility index (Phi) is 6.36. The molecule has 148 valence electrons. The maximum atomic E-state index is 12.3. The number of halogens is 2. The number of allylic oxidation sites excluding steroid dienone is 2. The van der Waals surface area contributed by atoms with E-state index in [2.05, 4.69) is 5.32 Å². The van der Waals surface area contributed by atoms with Crippen LogP contribution in [0.2, 0.25) is 10.0 Å². The molecule has 3 amide bonds. The van der Waals surface area contributed by atoms with Gasteiger partial charge in [-0.25, -0.2) is 0 Å². The highest BCUT2D eigenvalue weighted by atomic mass is 35.5. The lowest BCUT2D eigenvalue weighted by Gasteiger charge is -2.14.